The summed E-state index contributed by atoms with van der Waals surface area (Å²) in [5.41, 5.74) is 3.08. The molecule has 4 heterocycles. The maximum Gasteiger partial charge on any atom is 0.410 e. The molecule has 38 heavy (non-hydrogen) atoms. The molecule has 3 aromatic heterocycles. The highest BCUT2D eigenvalue weighted by Crippen LogP contribution is 2.26. The minimum absolute atomic E-state index is 0.311. The van der Waals surface area contributed by atoms with E-state index < -0.39 is 15.3 Å². The van der Waals surface area contributed by atoms with Gasteiger partial charge >= 0.3 is 6.09 Å². The number of hydrogen-bond acceptors (Lipinski definition) is 9. The molecule has 0 radical (unpaired) electrons. The Bertz CT molecular complexity index is 1640. The summed E-state index contributed by atoms with van der Waals surface area (Å²) in [6.45, 7) is 6.69. The van der Waals surface area contributed by atoms with E-state index >= 15 is 0 Å². The van der Waals surface area contributed by atoms with Crippen molar-refractivity contribution in [1.82, 2.24) is 29.6 Å². The molecule has 0 atom stereocenters. The predicted molar refractivity (Wildman–Crippen MR) is 147 cm³/mol. The molecule has 0 bridgehead atoms. The van der Waals surface area contributed by atoms with Crippen LogP contribution in [0.5, 0.6) is 0 Å². The van der Waals surface area contributed by atoms with Crippen LogP contribution in [0, 0.1) is 0 Å². The number of ether oxygens (including phenoxy) is 1. The van der Waals surface area contributed by atoms with Crippen LogP contribution in [0.2, 0.25) is 0 Å². The second-order valence-corrected chi connectivity index (χ2v) is 13.0. The average molecular weight is 535 g/mol. The lowest BCUT2D eigenvalue weighted by molar-refractivity contribution is 0.0224. The maximum absolute atomic E-state index is 12.6. The van der Waals surface area contributed by atoms with Crippen LogP contribution < -0.4 is 5.32 Å². The van der Waals surface area contributed by atoms with Crippen molar-refractivity contribution in [1.29, 1.82) is 0 Å². The number of amides is 1. The lowest BCUT2D eigenvalue weighted by Crippen LogP contribution is -2.39. The highest BCUT2D eigenvalue weighted by atomic mass is 32.2. The van der Waals surface area contributed by atoms with Crippen LogP contribution in [0.25, 0.3) is 16.9 Å². The van der Waals surface area contributed by atoms with Crippen LogP contribution in [0.1, 0.15) is 31.9 Å². The smallest absolute Gasteiger partial charge is 0.410 e. The molecule has 0 fully saturated rings. The maximum atomic E-state index is 12.6. The molecule has 0 spiro atoms. The molecule has 0 unspecified atom stereocenters. The Morgan fingerprint density at radius 1 is 1.11 bits per heavy atom. The Morgan fingerprint density at radius 3 is 2.68 bits per heavy atom. The zero-order valence-electron chi connectivity index (χ0n) is 22.0. The average Bonchev–Trinajstić information content (AvgIpc) is 3.25. The van der Waals surface area contributed by atoms with Gasteiger partial charge < -0.3 is 15.0 Å². The number of hydrogen-bond donors (Lipinski definition) is 1. The standard InChI is InChI=1S/C26H30N8O3S/c1-26(2,3)37-25(35)33-12-11-17-9-10-20(13-18(17)16-33)29-24-27-14-19-15-28-34(23(19)31-24)22-8-6-7-21(30-22)32-38(4,5)36/h6-10,13-15H,11-12,16H2,1-5H3,(H,27,29,31). The second kappa shape index (κ2) is 9.67. The van der Waals surface area contributed by atoms with Gasteiger partial charge in [0.15, 0.2) is 17.3 Å². The van der Waals surface area contributed by atoms with Crippen LogP contribution in [0.15, 0.2) is 53.2 Å². The number of carbonyl (C=O) groups excluding carboxylic acids is 1. The zero-order chi connectivity index (χ0) is 27.1. The molecule has 0 saturated carbocycles. The molecule has 1 amide bonds. The van der Waals surface area contributed by atoms with Gasteiger partial charge in [-0.15, -0.1) is 0 Å². The lowest BCUT2D eigenvalue weighted by Gasteiger charge is -2.31. The van der Waals surface area contributed by atoms with Gasteiger partial charge in [0.25, 0.3) is 0 Å². The third-order valence-corrected chi connectivity index (χ3v) is 6.31. The molecular weight excluding hydrogens is 504 g/mol. The summed E-state index contributed by atoms with van der Waals surface area (Å²) in [6, 6.07) is 11.3. The molecule has 11 nitrogen and oxygen atoms in total. The third kappa shape index (κ3) is 5.91. The van der Waals surface area contributed by atoms with E-state index in [1.165, 1.54) is 5.56 Å². The van der Waals surface area contributed by atoms with Gasteiger partial charge in [0, 0.05) is 47.2 Å². The number of pyridine rings is 1. The van der Waals surface area contributed by atoms with E-state index in [0.29, 0.717) is 36.3 Å². The first kappa shape index (κ1) is 25.6. The molecule has 5 rings (SSSR count). The van der Waals surface area contributed by atoms with E-state index in [-0.39, 0.29) is 6.09 Å². The minimum Gasteiger partial charge on any atom is -0.444 e. The summed E-state index contributed by atoms with van der Waals surface area (Å²) in [4.78, 5) is 27.9. The summed E-state index contributed by atoms with van der Waals surface area (Å²) < 4.78 is 23.4. The fourth-order valence-electron chi connectivity index (χ4n) is 4.10. The van der Waals surface area contributed by atoms with Crippen molar-refractivity contribution in [3.05, 3.63) is 59.9 Å². The molecule has 12 heteroatoms. The summed E-state index contributed by atoms with van der Waals surface area (Å²) in [6.07, 6.45) is 6.93. The molecule has 4 aromatic rings. The van der Waals surface area contributed by atoms with Crippen molar-refractivity contribution in [3.63, 3.8) is 0 Å². The van der Waals surface area contributed by atoms with Crippen molar-refractivity contribution in [3.8, 4) is 5.82 Å². The number of nitrogens with zero attached hydrogens (tertiary/aromatic N) is 7. The Kier molecular flexibility index (Phi) is 6.51. The van der Waals surface area contributed by atoms with E-state index in [1.54, 1.807) is 52.7 Å². The highest BCUT2D eigenvalue weighted by Gasteiger charge is 2.26. The van der Waals surface area contributed by atoms with Gasteiger partial charge in [-0.25, -0.2) is 19.0 Å². The molecular formula is C26H30N8O3S. The van der Waals surface area contributed by atoms with Gasteiger partial charge in [-0.1, -0.05) is 12.1 Å². The van der Waals surface area contributed by atoms with Crippen molar-refractivity contribution < 1.29 is 13.7 Å². The molecule has 198 valence electrons. The van der Waals surface area contributed by atoms with Crippen LogP contribution in [-0.2, 0) is 27.4 Å². The van der Waals surface area contributed by atoms with Gasteiger partial charge in [0.05, 0.1) is 11.6 Å². The van der Waals surface area contributed by atoms with Gasteiger partial charge in [-0.2, -0.15) is 19.1 Å². The van der Waals surface area contributed by atoms with Gasteiger partial charge in [-0.05, 0) is 62.6 Å². The number of benzene rings is 1. The topological polar surface area (TPSA) is 127 Å². The number of carbonyl (C=O) groups is 1. The zero-order valence-corrected chi connectivity index (χ0v) is 22.8. The van der Waals surface area contributed by atoms with Crippen LogP contribution >= 0.6 is 0 Å². The van der Waals surface area contributed by atoms with Gasteiger partial charge in [0.1, 0.15) is 5.60 Å². The number of nitrogens with one attached hydrogen (secondary N) is 1. The van der Waals surface area contributed by atoms with E-state index in [2.05, 4.69) is 35.8 Å². The fourth-order valence-corrected chi connectivity index (χ4v) is 4.65. The van der Waals surface area contributed by atoms with Gasteiger partial charge in [-0.3, -0.25) is 0 Å². The Hall–Kier alpha value is -4.06. The quantitative estimate of drug-likeness (QED) is 0.402. The van der Waals surface area contributed by atoms with Crippen molar-refractivity contribution >= 4 is 44.3 Å². The normalized spacial score (nSPS) is 13.8. The summed E-state index contributed by atoms with van der Waals surface area (Å²) in [5.74, 6) is 1.26. The van der Waals surface area contributed by atoms with Crippen LogP contribution in [0.4, 0.5) is 22.2 Å². The minimum atomic E-state index is -2.35. The predicted octanol–water partition coefficient (Wildman–Crippen LogP) is 4.61. The molecule has 1 aliphatic rings. The van der Waals surface area contributed by atoms with Gasteiger partial charge in [0.2, 0.25) is 5.95 Å². The summed E-state index contributed by atoms with van der Waals surface area (Å²) in [7, 11) is -2.35. The van der Waals surface area contributed by atoms with Crippen LogP contribution in [0.3, 0.4) is 0 Å². The van der Waals surface area contributed by atoms with E-state index in [4.69, 9.17) is 4.74 Å². The van der Waals surface area contributed by atoms with Crippen molar-refractivity contribution in [2.75, 3.05) is 24.4 Å². The van der Waals surface area contributed by atoms with Crippen molar-refractivity contribution in [2.45, 2.75) is 39.3 Å². The molecule has 0 saturated heterocycles. The molecule has 1 aromatic carbocycles. The first-order valence-electron chi connectivity index (χ1n) is 12.2. The summed E-state index contributed by atoms with van der Waals surface area (Å²) in [5, 5.41) is 8.43. The van der Waals surface area contributed by atoms with E-state index in [9.17, 15) is 9.00 Å². The first-order valence-corrected chi connectivity index (χ1v) is 14.5. The Morgan fingerprint density at radius 2 is 1.92 bits per heavy atom. The van der Waals surface area contributed by atoms with Crippen molar-refractivity contribution in [2.24, 2.45) is 4.36 Å². The number of rotatable bonds is 4. The Labute approximate surface area is 221 Å². The van der Waals surface area contributed by atoms with E-state index in [1.807, 2.05) is 32.9 Å². The third-order valence-electron chi connectivity index (χ3n) is 5.69. The SMILES string of the molecule is CC(C)(C)OC(=O)N1CCc2ccc(Nc3ncc4cnn(-c5cccc(N=S(C)(C)=O)n5)c4n3)cc2C1. The molecule has 0 aliphatic carbocycles. The number of anilines is 2. The fraction of sp³-hybridized carbons (Fsp3) is 0.346. The largest absolute Gasteiger partial charge is 0.444 e. The number of fused-ring (bicyclic) bond motifs is 2. The second-order valence-electron chi connectivity index (χ2n) is 10.4. The Balaban J connectivity index is 1.39. The highest BCUT2D eigenvalue weighted by molar-refractivity contribution is 7.92. The monoisotopic (exact) mass is 534 g/mol. The lowest BCUT2D eigenvalue weighted by atomic mass is 9.99. The summed E-state index contributed by atoms with van der Waals surface area (Å²) >= 11 is 0. The van der Waals surface area contributed by atoms with Crippen LogP contribution in [-0.4, -0.2) is 64.6 Å². The first-order chi connectivity index (χ1) is 17.9. The number of aromatic nitrogens is 5. The molecule has 1 aliphatic heterocycles. The van der Waals surface area contributed by atoms with E-state index in [0.717, 1.165) is 23.1 Å². The molecule has 1 N–H and O–H groups in total.